The van der Waals surface area contributed by atoms with E-state index in [-0.39, 0.29) is 24.0 Å². The van der Waals surface area contributed by atoms with Gasteiger partial charge in [0.15, 0.2) is 5.96 Å². The molecule has 2 fully saturated rings. The van der Waals surface area contributed by atoms with E-state index in [9.17, 15) is 0 Å². The zero-order valence-electron chi connectivity index (χ0n) is 14.8. The van der Waals surface area contributed by atoms with Gasteiger partial charge in [0, 0.05) is 40.4 Å². The summed E-state index contributed by atoms with van der Waals surface area (Å²) >= 11 is 0. The second-order valence-electron chi connectivity index (χ2n) is 6.66. The Balaban J connectivity index is 0.00000264. The predicted molar refractivity (Wildman–Crippen MR) is 106 cm³/mol. The largest absolute Gasteiger partial charge is 0.382 e. The molecule has 1 saturated carbocycles. The normalized spacial score (nSPS) is 20.6. The molecule has 0 unspecified atom stereocenters. The highest BCUT2D eigenvalue weighted by molar-refractivity contribution is 14.0. The van der Waals surface area contributed by atoms with Crippen LogP contribution in [0.5, 0.6) is 0 Å². The summed E-state index contributed by atoms with van der Waals surface area (Å²) in [7, 11) is 3.59. The number of aliphatic imine (C=N–C) groups is 1. The molecule has 2 aliphatic rings. The zero-order valence-corrected chi connectivity index (χ0v) is 17.1. The number of rotatable bonds is 7. The molecule has 6 heteroatoms. The Hall–Kier alpha value is -0.0800. The molecule has 5 nitrogen and oxygen atoms in total. The molecule has 136 valence electrons. The first-order chi connectivity index (χ1) is 10.8. The van der Waals surface area contributed by atoms with Gasteiger partial charge in [-0.25, -0.2) is 0 Å². The Morgan fingerprint density at radius 2 is 1.91 bits per heavy atom. The van der Waals surface area contributed by atoms with Gasteiger partial charge in [-0.15, -0.1) is 24.0 Å². The highest BCUT2D eigenvalue weighted by atomic mass is 127. The Morgan fingerprint density at radius 1 is 1.13 bits per heavy atom. The van der Waals surface area contributed by atoms with Crippen LogP contribution in [-0.2, 0) is 9.47 Å². The smallest absolute Gasteiger partial charge is 0.193 e. The lowest BCUT2D eigenvalue weighted by Crippen LogP contribution is -2.42. The fourth-order valence-electron chi connectivity index (χ4n) is 3.78. The first kappa shape index (κ1) is 21.0. The number of hydrogen-bond donors (Lipinski definition) is 1. The van der Waals surface area contributed by atoms with Gasteiger partial charge in [0.25, 0.3) is 0 Å². The lowest BCUT2D eigenvalue weighted by molar-refractivity contribution is 0.0698. The van der Waals surface area contributed by atoms with E-state index in [4.69, 9.17) is 9.47 Å². The Kier molecular flexibility index (Phi) is 10.5. The number of likely N-dealkylation sites (tertiary alicyclic amines) is 1. The zero-order chi connectivity index (χ0) is 15.7. The van der Waals surface area contributed by atoms with Crippen molar-refractivity contribution in [2.45, 2.75) is 44.9 Å². The van der Waals surface area contributed by atoms with Crippen molar-refractivity contribution in [2.24, 2.45) is 10.4 Å². The van der Waals surface area contributed by atoms with E-state index < -0.39 is 0 Å². The SMILES string of the molecule is CN=C(NCCCOCCOC)N1CCC2(CCCCC2)C1.I. The van der Waals surface area contributed by atoms with E-state index in [1.165, 1.54) is 45.1 Å². The summed E-state index contributed by atoms with van der Waals surface area (Å²) < 4.78 is 10.4. The maximum atomic E-state index is 5.49. The second-order valence-corrected chi connectivity index (χ2v) is 6.66. The molecule has 0 atom stereocenters. The van der Waals surface area contributed by atoms with Crippen molar-refractivity contribution in [1.82, 2.24) is 10.2 Å². The average Bonchev–Trinajstić information content (AvgIpc) is 2.94. The predicted octanol–water partition coefficient (Wildman–Crippen LogP) is 2.89. The van der Waals surface area contributed by atoms with Crippen LogP contribution in [0, 0.1) is 5.41 Å². The molecule has 0 amide bonds. The van der Waals surface area contributed by atoms with Crippen LogP contribution in [0.1, 0.15) is 44.9 Å². The Morgan fingerprint density at radius 3 is 2.61 bits per heavy atom. The second kappa shape index (κ2) is 11.5. The summed E-state index contributed by atoms with van der Waals surface area (Å²) in [4.78, 5) is 6.92. The van der Waals surface area contributed by atoms with Crippen LogP contribution in [0.3, 0.4) is 0 Å². The lowest BCUT2D eigenvalue weighted by Gasteiger charge is -2.33. The van der Waals surface area contributed by atoms with Gasteiger partial charge >= 0.3 is 0 Å². The van der Waals surface area contributed by atoms with Crippen molar-refractivity contribution in [3.63, 3.8) is 0 Å². The van der Waals surface area contributed by atoms with Gasteiger partial charge in [0.2, 0.25) is 0 Å². The molecule has 1 spiro atoms. The van der Waals surface area contributed by atoms with Crippen LogP contribution in [-0.4, -0.2) is 64.5 Å². The van der Waals surface area contributed by atoms with Crippen molar-refractivity contribution < 1.29 is 9.47 Å². The van der Waals surface area contributed by atoms with E-state index in [1.807, 2.05) is 7.05 Å². The van der Waals surface area contributed by atoms with Crippen LogP contribution in [0.25, 0.3) is 0 Å². The molecular formula is C17H34IN3O2. The molecular weight excluding hydrogens is 405 g/mol. The van der Waals surface area contributed by atoms with Crippen LogP contribution >= 0.6 is 24.0 Å². The Bertz CT molecular complexity index is 347. The van der Waals surface area contributed by atoms with E-state index in [2.05, 4.69) is 15.2 Å². The van der Waals surface area contributed by atoms with Crippen LogP contribution < -0.4 is 5.32 Å². The fourth-order valence-corrected chi connectivity index (χ4v) is 3.78. The van der Waals surface area contributed by atoms with Gasteiger partial charge in [-0.3, -0.25) is 4.99 Å². The first-order valence-corrected chi connectivity index (χ1v) is 8.82. The van der Waals surface area contributed by atoms with Gasteiger partial charge in [0.1, 0.15) is 0 Å². The van der Waals surface area contributed by atoms with Gasteiger partial charge in [0.05, 0.1) is 13.2 Å². The summed E-state index contributed by atoms with van der Waals surface area (Å²) in [6.45, 7) is 5.40. The molecule has 0 aromatic heterocycles. The summed E-state index contributed by atoms with van der Waals surface area (Å²) in [5.74, 6) is 1.07. The van der Waals surface area contributed by atoms with E-state index in [0.29, 0.717) is 18.6 Å². The van der Waals surface area contributed by atoms with E-state index in [1.54, 1.807) is 7.11 Å². The van der Waals surface area contributed by atoms with E-state index in [0.717, 1.165) is 32.1 Å². The van der Waals surface area contributed by atoms with Gasteiger partial charge in [-0.05, 0) is 31.1 Å². The van der Waals surface area contributed by atoms with Crippen molar-refractivity contribution in [2.75, 3.05) is 53.6 Å². The average molecular weight is 439 g/mol. The molecule has 0 aromatic rings. The van der Waals surface area contributed by atoms with E-state index >= 15 is 0 Å². The lowest BCUT2D eigenvalue weighted by atomic mass is 9.73. The maximum Gasteiger partial charge on any atom is 0.193 e. The number of hydrogen-bond acceptors (Lipinski definition) is 3. The van der Waals surface area contributed by atoms with Crippen molar-refractivity contribution in [1.29, 1.82) is 0 Å². The minimum absolute atomic E-state index is 0. The fraction of sp³-hybridized carbons (Fsp3) is 0.941. The number of guanidine groups is 1. The molecule has 0 radical (unpaired) electrons. The minimum Gasteiger partial charge on any atom is -0.382 e. The number of nitrogens with one attached hydrogen (secondary N) is 1. The van der Waals surface area contributed by atoms with Crippen molar-refractivity contribution in [3.8, 4) is 0 Å². The van der Waals surface area contributed by atoms with Crippen LogP contribution in [0.15, 0.2) is 4.99 Å². The summed E-state index contributed by atoms with van der Waals surface area (Å²) in [5, 5.41) is 3.49. The molecule has 1 aliphatic heterocycles. The van der Waals surface area contributed by atoms with Crippen molar-refractivity contribution in [3.05, 3.63) is 0 Å². The number of halogens is 1. The molecule has 1 heterocycles. The summed E-state index contributed by atoms with van der Waals surface area (Å²) in [5.41, 5.74) is 0.582. The third kappa shape index (κ3) is 6.74. The number of ether oxygens (including phenoxy) is 2. The standard InChI is InChI=1S/C17H33N3O2.HI/c1-18-16(19-10-6-12-22-14-13-21-2)20-11-9-17(15-20)7-4-3-5-8-17;/h3-15H2,1-2H3,(H,18,19);1H. The highest BCUT2D eigenvalue weighted by Crippen LogP contribution is 2.43. The first-order valence-electron chi connectivity index (χ1n) is 8.82. The van der Waals surface area contributed by atoms with Gasteiger partial charge in [-0.2, -0.15) is 0 Å². The summed E-state index contributed by atoms with van der Waals surface area (Å²) in [6, 6.07) is 0. The third-order valence-electron chi connectivity index (χ3n) is 5.04. The molecule has 0 bridgehead atoms. The summed E-state index contributed by atoms with van der Waals surface area (Å²) in [6.07, 6.45) is 9.42. The van der Waals surface area contributed by atoms with Gasteiger partial charge in [-0.1, -0.05) is 19.3 Å². The molecule has 1 saturated heterocycles. The monoisotopic (exact) mass is 439 g/mol. The van der Waals surface area contributed by atoms with Crippen LogP contribution in [0.4, 0.5) is 0 Å². The number of nitrogens with zero attached hydrogens (tertiary/aromatic N) is 2. The number of methoxy groups -OCH3 is 1. The highest BCUT2D eigenvalue weighted by Gasteiger charge is 2.39. The molecule has 1 aliphatic carbocycles. The maximum absolute atomic E-state index is 5.49. The molecule has 23 heavy (non-hydrogen) atoms. The molecule has 2 rings (SSSR count). The third-order valence-corrected chi connectivity index (χ3v) is 5.04. The van der Waals surface area contributed by atoms with Crippen LogP contribution in [0.2, 0.25) is 0 Å². The quantitative estimate of drug-likeness (QED) is 0.287. The molecule has 1 N–H and O–H groups in total. The van der Waals surface area contributed by atoms with Gasteiger partial charge < -0.3 is 19.7 Å². The van der Waals surface area contributed by atoms with Crippen molar-refractivity contribution >= 4 is 29.9 Å². The minimum atomic E-state index is 0. The Labute approximate surface area is 158 Å². The topological polar surface area (TPSA) is 46.1 Å². The molecule has 0 aromatic carbocycles.